The van der Waals surface area contributed by atoms with Crippen LogP contribution in [0, 0.1) is 11.3 Å². The summed E-state index contributed by atoms with van der Waals surface area (Å²) in [5, 5.41) is 18.3. The van der Waals surface area contributed by atoms with Gasteiger partial charge in [-0.1, -0.05) is 6.07 Å². The highest BCUT2D eigenvalue weighted by Crippen LogP contribution is 2.26. The van der Waals surface area contributed by atoms with Crippen LogP contribution in [-0.4, -0.2) is 40.4 Å². The van der Waals surface area contributed by atoms with Crippen LogP contribution >= 0.6 is 0 Å². The summed E-state index contributed by atoms with van der Waals surface area (Å²) in [6.45, 7) is 1.73. The van der Waals surface area contributed by atoms with E-state index in [9.17, 15) is 13.2 Å². The summed E-state index contributed by atoms with van der Waals surface area (Å²) >= 11 is 0. The van der Waals surface area contributed by atoms with Gasteiger partial charge in [0.05, 0.1) is 0 Å². The Bertz CT molecular complexity index is 831. The zero-order valence-corrected chi connectivity index (χ0v) is 14.0. The van der Waals surface area contributed by atoms with E-state index in [-0.39, 0.29) is 35.2 Å². The molecule has 0 unspecified atom stereocenters. The van der Waals surface area contributed by atoms with Crippen molar-refractivity contribution in [3.8, 4) is 11.8 Å². The number of hydrogen-bond donors (Lipinski definition) is 3. The molecule has 11 heteroatoms. The van der Waals surface area contributed by atoms with Gasteiger partial charge in [-0.15, -0.1) is 13.2 Å². The van der Waals surface area contributed by atoms with Gasteiger partial charge in [-0.25, -0.2) is 0 Å². The van der Waals surface area contributed by atoms with E-state index in [1.54, 1.807) is 0 Å². The van der Waals surface area contributed by atoms with E-state index in [1.807, 2.05) is 6.07 Å². The highest BCUT2D eigenvalue weighted by atomic mass is 19.4. The van der Waals surface area contributed by atoms with Crippen molar-refractivity contribution in [2.75, 3.05) is 23.7 Å². The first-order valence-corrected chi connectivity index (χ1v) is 8.17. The summed E-state index contributed by atoms with van der Waals surface area (Å²) in [5.41, 5.74) is 0.277. The number of ether oxygens (including phenoxy) is 1. The predicted octanol–water partition coefficient (Wildman–Crippen LogP) is 2.55. The van der Waals surface area contributed by atoms with Crippen molar-refractivity contribution < 1.29 is 17.9 Å². The second kappa shape index (κ2) is 8.05. The number of nitriles is 1. The van der Waals surface area contributed by atoms with Crippen LogP contribution < -0.4 is 20.7 Å². The Hall–Kier alpha value is -3.13. The molecular formula is C16H16F3N7O. The maximum atomic E-state index is 12.3. The van der Waals surface area contributed by atoms with E-state index in [4.69, 9.17) is 5.26 Å². The van der Waals surface area contributed by atoms with Gasteiger partial charge in [0, 0.05) is 17.8 Å². The van der Waals surface area contributed by atoms with E-state index in [2.05, 4.69) is 35.6 Å². The molecule has 1 aromatic heterocycles. The molecule has 1 fully saturated rings. The third-order valence-corrected chi connectivity index (χ3v) is 3.73. The lowest BCUT2D eigenvalue weighted by molar-refractivity contribution is -0.274. The molecule has 142 valence electrons. The van der Waals surface area contributed by atoms with Crippen LogP contribution in [0.4, 0.5) is 30.8 Å². The van der Waals surface area contributed by atoms with Crippen molar-refractivity contribution in [1.29, 1.82) is 5.26 Å². The Morgan fingerprint density at radius 1 is 1.15 bits per heavy atom. The number of alkyl halides is 3. The van der Waals surface area contributed by atoms with Gasteiger partial charge in [0.1, 0.15) is 11.8 Å². The van der Waals surface area contributed by atoms with Crippen LogP contribution in [-0.2, 0) is 0 Å². The minimum Gasteiger partial charge on any atom is -0.406 e. The average molecular weight is 379 g/mol. The number of halogens is 3. The molecule has 2 heterocycles. The van der Waals surface area contributed by atoms with Gasteiger partial charge in [0.2, 0.25) is 17.7 Å². The van der Waals surface area contributed by atoms with Gasteiger partial charge in [-0.05, 0) is 38.1 Å². The molecule has 8 nitrogen and oxygen atoms in total. The summed E-state index contributed by atoms with van der Waals surface area (Å²) in [4.78, 5) is 12.2. The highest BCUT2D eigenvalue weighted by molar-refractivity contribution is 5.57. The molecule has 1 saturated heterocycles. The third-order valence-electron chi connectivity index (χ3n) is 3.73. The van der Waals surface area contributed by atoms with Crippen LogP contribution in [0.15, 0.2) is 24.3 Å². The SMILES string of the molecule is N#Cc1nc(Nc2cccc(OC(F)(F)F)c2)nc(NC2CCNCC2)n1. The van der Waals surface area contributed by atoms with E-state index in [0.717, 1.165) is 32.0 Å². The van der Waals surface area contributed by atoms with E-state index < -0.39 is 6.36 Å². The van der Waals surface area contributed by atoms with Crippen molar-refractivity contribution in [2.45, 2.75) is 25.2 Å². The van der Waals surface area contributed by atoms with Crippen molar-refractivity contribution in [3.05, 3.63) is 30.1 Å². The number of aromatic nitrogens is 3. The average Bonchev–Trinajstić information content (AvgIpc) is 2.61. The smallest absolute Gasteiger partial charge is 0.406 e. The number of nitrogens with one attached hydrogen (secondary N) is 3. The fraction of sp³-hybridized carbons (Fsp3) is 0.375. The molecule has 27 heavy (non-hydrogen) atoms. The molecular weight excluding hydrogens is 363 g/mol. The third kappa shape index (κ3) is 5.68. The normalized spacial score (nSPS) is 15.0. The standard InChI is InChI=1S/C16H16F3N7O/c17-16(18,19)27-12-3-1-2-11(8-12)23-15-25-13(9-20)24-14(26-15)22-10-4-6-21-7-5-10/h1-3,8,10,21H,4-7H2,(H2,22,23,24,25,26). The van der Waals surface area contributed by atoms with Gasteiger partial charge >= 0.3 is 6.36 Å². The molecule has 3 N–H and O–H groups in total. The fourth-order valence-corrected chi connectivity index (χ4v) is 2.60. The first-order valence-electron chi connectivity index (χ1n) is 8.17. The molecule has 2 aromatic rings. The molecule has 0 spiro atoms. The second-order valence-corrected chi connectivity index (χ2v) is 5.79. The van der Waals surface area contributed by atoms with Crippen LogP contribution in [0.3, 0.4) is 0 Å². The molecule has 0 radical (unpaired) electrons. The van der Waals surface area contributed by atoms with E-state index >= 15 is 0 Å². The predicted molar refractivity (Wildman–Crippen MR) is 90.5 cm³/mol. The van der Waals surface area contributed by atoms with Gasteiger partial charge in [-0.2, -0.15) is 20.2 Å². The van der Waals surface area contributed by atoms with Crippen molar-refractivity contribution in [1.82, 2.24) is 20.3 Å². The van der Waals surface area contributed by atoms with Crippen LogP contribution in [0.1, 0.15) is 18.7 Å². The second-order valence-electron chi connectivity index (χ2n) is 5.79. The highest BCUT2D eigenvalue weighted by Gasteiger charge is 2.31. The number of piperidine rings is 1. The lowest BCUT2D eigenvalue weighted by Crippen LogP contribution is -2.35. The molecule has 0 aliphatic carbocycles. The van der Waals surface area contributed by atoms with Crippen molar-refractivity contribution in [3.63, 3.8) is 0 Å². The molecule has 1 aromatic carbocycles. The topological polar surface area (TPSA) is 108 Å². The monoisotopic (exact) mass is 379 g/mol. The molecule has 1 aliphatic rings. The number of rotatable bonds is 5. The quantitative estimate of drug-likeness (QED) is 0.728. The minimum absolute atomic E-state index is 0.0437. The lowest BCUT2D eigenvalue weighted by atomic mass is 10.1. The zero-order valence-electron chi connectivity index (χ0n) is 14.0. The maximum Gasteiger partial charge on any atom is 0.573 e. The maximum absolute atomic E-state index is 12.3. The Morgan fingerprint density at radius 2 is 1.89 bits per heavy atom. The van der Waals surface area contributed by atoms with Crippen LogP contribution in [0.2, 0.25) is 0 Å². The Labute approximate surface area is 152 Å². The molecule has 0 atom stereocenters. The Balaban J connectivity index is 1.77. The molecule has 3 rings (SSSR count). The van der Waals surface area contributed by atoms with Gasteiger partial charge in [-0.3, -0.25) is 0 Å². The zero-order chi connectivity index (χ0) is 19.3. The van der Waals surface area contributed by atoms with Crippen LogP contribution in [0.5, 0.6) is 5.75 Å². The number of nitrogens with zero attached hydrogens (tertiary/aromatic N) is 4. The number of anilines is 3. The van der Waals surface area contributed by atoms with E-state index in [0.29, 0.717) is 0 Å². The van der Waals surface area contributed by atoms with Gasteiger partial charge in [0.15, 0.2) is 0 Å². The molecule has 0 amide bonds. The molecule has 0 bridgehead atoms. The lowest BCUT2D eigenvalue weighted by Gasteiger charge is -2.23. The first-order chi connectivity index (χ1) is 12.9. The fourth-order valence-electron chi connectivity index (χ4n) is 2.60. The summed E-state index contributed by atoms with van der Waals surface area (Å²) < 4.78 is 40.9. The molecule has 1 aliphatic heterocycles. The van der Waals surface area contributed by atoms with Crippen molar-refractivity contribution >= 4 is 17.6 Å². The first kappa shape index (κ1) is 18.7. The van der Waals surface area contributed by atoms with Crippen molar-refractivity contribution in [2.24, 2.45) is 0 Å². The number of hydrogen-bond acceptors (Lipinski definition) is 8. The minimum atomic E-state index is -4.79. The Morgan fingerprint density at radius 3 is 2.59 bits per heavy atom. The van der Waals surface area contributed by atoms with Crippen LogP contribution in [0.25, 0.3) is 0 Å². The van der Waals surface area contributed by atoms with E-state index in [1.165, 1.54) is 18.2 Å². The number of benzene rings is 1. The van der Waals surface area contributed by atoms with Gasteiger partial charge in [0.25, 0.3) is 0 Å². The Kier molecular flexibility index (Phi) is 5.56. The molecule has 0 saturated carbocycles. The van der Waals surface area contributed by atoms with Gasteiger partial charge < -0.3 is 20.7 Å². The largest absolute Gasteiger partial charge is 0.573 e. The summed E-state index contributed by atoms with van der Waals surface area (Å²) in [6.07, 6.45) is -3.02. The summed E-state index contributed by atoms with van der Waals surface area (Å²) in [7, 11) is 0. The summed E-state index contributed by atoms with van der Waals surface area (Å²) in [6, 6.07) is 7.26. The summed E-state index contributed by atoms with van der Waals surface area (Å²) in [5.74, 6) is -0.206.